The van der Waals surface area contributed by atoms with E-state index in [4.69, 9.17) is 9.26 Å². The summed E-state index contributed by atoms with van der Waals surface area (Å²) in [6.45, 7) is 10.1. The first-order valence-electron chi connectivity index (χ1n) is 8.32. The Morgan fingerprint density at radius 1 is 1.13 bits per heavy atom. The number of nitrogens with zero attached hydrogens (tertiary/aromatic N) is 3. The maximum Gasteiger partial charge on any atom is 0.243 e. The highest BCUT2D eigenvalue weighted by Gasteiger charge is 2.32. The molecule has 5 heteroatoms. The Balaban J connectivity index is 1.75. The molecule has 124 valence electrons. The summed E-state index contributed by atoms with van der Waals surface area (Å²) in [5.74, 6) is 1.74. The molecule has 3 atom stereocenters. The summed E-state index contributed by atoms with van der Waals surface area (Å²) in [5, 5.41) is 4.08. The van der Waals surface area contributed by atoms with Gasteiger partial charge in [-0.3, -0.25) is 4.90 Å². The molecular weight excluding hydrogens is 290 g/mol. The van der Waals surface area contributed by atoms with Crippen LogP contribution in [0.1, 0.15) is 63.0 Å². The fourth-order valence-electron chi connectivity index (χ4n) is 2.96. The molecule has 0 aliphatic carbocycles. The molecule has 1 saturated heterocycles. The zero-order valence-corrected chi connectivity index (χ0v) is 14.3. The van der Waals surface area contributed by atoms with Crippen LogP contribution in [-0.2, 0) is 4.74 Å². The van der Waals surface area contributed by atoms with Gasteiger partial charge in [0.25, 0.3) is 0 Å². The van der Waals surface area contributed by atoms with Crippen molar-refractivity contribution in [2.75, 3.05) is 13.1 Å². The van der Waals surface area contributed by atoms with Crippen molar-refractivity contribution in [3.63, 3.8) is 0 Å². The lowest BCUT2D eigenvalue weighted by Crippen LogP contribution is -2.44. The quantitative estimate of drug-likeness (QED) is 0.860. The number of morpholine rings is 1. The number of hydrogen-bond donors (Lipinski definition) is 0. The van der Waals surface area contributed by atoms with E-state index in [0.29, 0.717) is 5.89 Å². The molecule has 2 aromatic rings. The molecule has 5 nitrogen and oxygen atoms in total. The number of hydrogen-bond acceptors (Lipinski definition) is 5. The first-order valence-corrected chi connectivity index (χ1v) is 8.32. The number of ether oxygens (including phenoxy) is 1. The molecule has 0 spiro atoms. The van der Waals surface area contributed by atoms with Crippen LogP contribution in [0.15, 0.2) is 34.9 Å². The van der Waals surface area contributed by atoms with Gasteiger partial charge >= 0.3 is 0 Å². The molecule has 3 rings (SSSR count). The summed E-state index contributed by atoms with van der Waals surface area (Å²) in [7, 11) is 0. The molecule has 23 heavy (non-hydrogen) atoms. The van der Waals surface area contributed by atoms with E-state index in [-0.39, 0.29) is 24.2 Å². The van der Waals surface area contributed by atoms with Gasteiger partial charge in [-0.05, 0) is 19.4 Å². The van der Waals surface area contributed by atoms with Crippen LogP contribution in [0.5, 0.6) is 0 Å². The van der Waals surface area contributed by atoms with Crippen LogP contribution in [0.25, 0.3) is 0 Å². The third-order valence-corrected chi connectivity index (χ3v) is 4.34. The molecule has 1 fully saturated rings. The summed E-state index contributed by atoms with van der Waals surface area (Å²) >= 11 is 0. The predicted molar refractivity (Wildman–Crippen MR) is 88.1 cm³/mol. The summed E-state index contributed by atoms with van der Waals surface area (Å²) in [6, 6.07) is 10.5. The monoisotopic (exact) mass is 315 g/mol. The first-order chi connectivity index (χ1) is 11.0. The highest BCUT2D eigenvalue weighted by molar-refractivity contribution is 5.18. The van der Waals surface area contributed by atoms with Gasteiger partial charge in [0.2, 0.25) is 5.89 Å². The lowest BCUT2D eigenvalue weighted by Gasteiger charge is -2.39. The minimum atomic E-state index is 0.0786. The largest absolute Gasteiger partial charge is 0.368 e. The summed E-state index contributed by atoms with van der Waals surface area (Å²) in [6.07, 6.45) is 0.249. The van der Waals surface area contributed by atoms with E-state index in [9.17, 15) is 0 Å². The second kappa shape index (κ2) is 6.81. The average molecular weight is 315 g/mol. The minimum Gasteiger partial charge on any atom is -0.368 e. The molecule has 1 aromatic carbocycles. The van der Waals surface area contributed by atoms with E-state index in [1.54, 1.807) is 0 Å². The zero-order valence-electron chi connectivity index (χ0n) is 14.3. The van der Waals surface area contributed by atoms with Gasteiger partial charge in [0.15, 0.2) is 5.82 Å². The lowest BCUT2D eigenvalue weighted by atomic mass is 10.1. The SMILES string of the molecule is CC(C)c1noc([C@@H](C)N2C[C@@H](C)O[C@H](c3ccccc3)C2)n1. The second-order valence-electron chi connectivity index (χ2n) is 6.62. The molecule has 0 saturated carbocycles. The van der Waals surface area contributed by atoms with Crippen molar-refractivity contribution in [3.8, 4) is 0 Å². The summed E-state index contributed by atoms with van der Waals surface area (Å²) in [5.41, 5.74) is 1.21. The Bertz CT molecular complexity index is 626. The molecule has 2 heterocycles. The lowest BCUT2D eigenvalue weighted by molar-refractivity contribution is -0.0922. The van der Waals surface area contributed by atoms with Crippen LogP contribution >= 0.6 is 0 Å². The smallest absolute Gasteiger partial charge is 0.243 e. The van der Waals surface area contributed by atoms with Crippen molar-refractivity contribution in [3.05, 3.63) is 47.6 Å². The Kier molecular flexibility index (Phi) is 4.78. The van der Waals surface area contributed by atoms with Crippen molar-refractivity contribution in [1.82, 2.24) is 15.0 Å². The molecule has 1 aliphatic heterocycles. The molecule has 0 N–H and O–H groups in total. The van der Waals surface area contributed by atoms with Gasteiger partial charge in [-0.25, -0.2) is 0 Å². The second-order valence-corrected chi connectivity index (χ2v) is 6.62. The van der Waals surface area contributed by atoms with Crippen LogP contribution in [-0.4, -0.2) is 34.2 Å². The molecule has 1 aromatic heterocycles. The highest BCUT2D eigenvalue weighted by atomic mass is 16.5. The van der Waals surface area contributed by atoms with Gasteiger partial charge in [0, 0.05) is 19.0 Å². The molecule has 0 radical (unpaired) electrons. The number of aromatic nitrogens is 2. The van der Waals surface area contributed by atoms with Crippen LogP contribution in [0, 0.1) is 0 Å². The van der Waals surface area contributed by atoms with Gasteiger partial charge in [-0.2, -0.15) is 4.98 Å². The van der Waals surface area contributed by atoms with E-state index < -0.39 is 0 Å². The number of benzene rings is 1. The van der Waals surface area contributed by atoms with E-state index in [1.807, 2.05) is 6.07 Å². The summed E-state index contributed by atoms with van der Waals surface area (Å²) in [4.78, 5) is 6.91. The molecule has 1 aliphatic rings. The fourth-order valence-corrected chi connectivity index (χ4v) is 2.96. The average Bonchev–Trinajstić information content (AvgIpc) is 3.04. The zero-order chi connectivity index (χ0) is 16.4. The van der Waals surface area contributed by atoms with Crippen molar-refractivity contribution >= 4 is 0 Å². The molecular formula is C18H25N3O2. The Hall–Kier alpha value is -1.72. The van der Waals surface area contributed by atoms with Crippen LogP contribution in [0.3, 0.4) is 0 Å². The molecule has 0 unspecified atom stereocenters. The van der Waals surface area contributed by atoms with Gasteiger partial charge in [-0.15, -0.1) is 0 Å². The van der Waals surface area contributed by atoms with E-state index >= 15 is 0 Å². The van der Waals surface area contributed by atoms with Crippen LogP contribution in [0.2, 0.25) is 0 Å². The first kappa shape index (κ1) is 16.1. The third kappa shape index (κ3) is 3.62. The highest BCUT2D eigenvalue weighted by Crippen LogP contribution is 2.30. The van der Waals surface area contributed by atoms with Crippen molar-refractivity contribution in [2.24, 2.45) is 0 Å². The Labute approximate surface area is 137 Å². The van der Waals surface area contributed by atoms with E-state index in [1.165, 1.54) is 5.56 Å². The fraction of sp³-hybridized carbons (Fsp3) is 0.556. The summed E-state index contributed by atoms with van der Waals surface area (Å²) < 4.78 is 11.6. The van der Waals surface area contributed by atoms with Gasteiger partial charge in [0.1, 0.15) is 0 Å². The third-order valence-electron chi connectivity index (χ3n) is 4.34. The maximum atomic E-state index is 6.12. The topological polar surface area (TPSA) is 51.4 Å². The normalized spacial score (nSPS) is 24.0. The molecule has 0 bridgehead atoms. The van der Waals surface area contributed by atoms with Crippen molar-refractivity contribution in [2.45, 2.75) is 51.9 Å². The maximum absolute atomic E-state index is 6.12. The predicted octanol–water partition coefficient (Wildman–Crippen LogP) is 3.72. The van der Waals surface area contributed by atoms with Gasteiger partial charge in [-0.1, -0.05) is 49.3 Å². The van der Waals surface area contributed by atoms with Crippen molar-refractivity contribution < 1.29 is 9.26 Å². The van der Waals surface area contributed by atoms with Crippen molar-refractivity contribution in [1.29, 1.82) is 0 Å². The van der Waals surface area contributed by atoms with Gasteiger partial charge < -0.3 is 9.26 Å². The van der Waals surface area contributed by atoms with Gasteiger partial charge in [0.05, 0.1) is 18.2 Å². The minimum absolute atomic E-state index is 0.0786. The van der Waals surface area contributed by atoms with Crippen LogP contribution < -0.4 is 0 Å². The Morgan fingerprint density at radius 2 is 1.87 bits per heavy atom. The standard InChI is InChI=1S/C18H25N3O2/c1-12(2)17-19-18(23-20-17)14(4)21-10-13(3)22-16(11-21)15-8-6-5-7-9-15/h5-9,12-14,16H,10-11H2,1-4H3/t13-,14-,16+/m1/s1. The molecule has 0 amide bonds. The van der Waals surface area contributed by atoms with E-state index in [2.05, 4.69) is 67.0 Å². The van der Waals surface area contributed by atoms with E-state index in [0.717, 1.165) is 18.9 Å². The van der Waals surface area contributed by atoms with Crippen LogP contribution in [0.4, 0.5) is 0 Å². The Morgan fingerprint density at radius 3 is 2.52 bits per heavy atom. The number of rotatable bonds is 4.